The molecule has 0 unspecified atom stereocenters. The monoisotopic (exact) mass is 156 g/mol. The Kier molecular flexibility index (Phi) is 3.76. The number of quaternary nitrogens is 1. The first-order chi connectivity index (χ1) is 5.08. The first kappa shape index (κ1) is 10.1. The zero-order valence-corrected chi connectivity index (χ0v) is 7.42. The number of hydrogen-bond acceptors (Lipinski definition) is 2. The van der Waals surface area contributed by atoms with Gasteiger partial charge in [-0.25, -0.2) is 9.63 Å². The summed E-state index contributed by atoms with van der Waals surface area (Å²) in [6.07, 6.45) is 3.45. The maximum atomic E-state index is 10.4. The Morgan fingerprint density at radius 1 is 1.55 bits per heavy atom. The molecule has 0 saturated carbocycles. The molecular formula is C8H14NO2+. The van der Waals surface area contributed by atoms with Gasteiger partial charge in [-0.05, 0) is 6.92 Å². The number of hydroxylamine groups is 3. The fraction of sp³-hybridized carbons (Fsp3) is 0.500. The highest BCUT2D eigenvalue weighted by Gasteiger charge is 2.20. The first-order valence-corrected chi connectivity index (χ1v) is 3.36. The van der Waals surface area contributed by atoms with Gasteiger partial charge in [-0.1, -0.05) is 6.08 Å². The first-order valence-electron chi connectivity index (χ1n) is 3.36. The van der Waals surface area contributed by atoms with Crippen molar-refractivity contribution in [3.63, 3.8) is 0 Å². The second-order valence-electron chi connectivity index (χ2n) is 2.52. The fourth-order valence-electron chi connectivity index (χ4n) is 0.580. The fourth-order valence-corrected chi connectivity index (χ4v) is 0.580. The molecule has 0 aromatic rings. The van der Waals surface area contributed by atoms with Gasteiger partial charge in [0.25, 0.3) is 0 Å². The number of carbonyl (C=O) groups excluding carboxylic acids is 1. The summed E-state index contributed by atoms with van der Waals surface area (Å²) in [4.78, 5) is 15.4. The Bertz CT molecular complexity index is 200. The van der Waals surface area contributed by atoms with Crippen LogP contribution in [0.25, 0.3) is 0 Å². The quantitative estimate of drug-likeness (QED) is 0.263. The van der Waals surface area contributed by atoms with Crippen LogP contribution >= 0.6 is 0 Å². The standard InChI is InChI=1S/C8H14NO2/c1-5-6-8(7-10)9(2,3)11-4/h5-6H,1-4H3/q+1. The van der Waals surface area contributed by atoms with E-state index in [2.05, 4.69) is 0 Å². The summed E-state index contributed by atoms with van der Waals surface area (Å²) in [5.41, 5.74) is 0.468. The van der Waals surface area contributed by atoms with Crippen LogP contribution in [0.4, 0.5) is 0 Å². The summed E-state index contributed by atoms with van der Waals surface area (Å²) >= 11 is 0. The Labute approximate surface area is 67.1 Å². The van der Waals surface area contributed by atoms with Crippen LogP contribution < -0.4 is 0 Å². The minimum absolute atomic E-state index is 0.0911. The van der Waals surface area contributed by atoms with Crippen molar-refractivity contribution in [2.75, 3.05) is 21.2 Å². The van der Waals surface area contributed by atoms with Gasteiger partial charge in [0, 0.05) is 6.08 Å². The second kappa shape index (κ2) is 4.09. The molecule has 0 bridgehead atoms. The molecular weight excluding hydrogens is 142 g/mol. The zero-order valence-electron chi connectivity index (χ0n) is 7.42. The van der Waals surface area contributed by atoms with Gasteiger partial charge in [0.05, 0.1) is 7.11 Å². The molecule has 0 rings (SSSR count). The summed E-state index contributed by atoms with van der Waals surface area (Å²) in [6.45, 7) is 1.84. The van der Waals surface area contributed by atoms with Gasteiger partial charge in [0.2, 0.25) is 5.70 Å². The van der Waals surface area contributed by atoms with Gasteiger partial charge < -0.3 is 0 Å². The average Bonchev–Trinajstić information content (AvgIpc) is 2.00. The van der Waals surface area contributed by atoms with Crippen LogP contribution in [0.2, 0.25) is 0 Å². The van der Waals surface area contributed by atoms with Crippen molar-refractivity contribution in [3.8, 4) is 0 Å². The summed E-state index contributed by atoms with van der Waals surface area (Å²) in [5.74, 6) is 1.82. The molecule has 0 saturated heterocycles. The summed E-state index contributed by atoms with van der Waals surface area (Å²) in [6, 6.07) is 0. The highest BCUT2D eigenvalue weighted by Crippen LogP contribution is 2.08. The summed E-state index contributed by atoms with van der Waals surface area (Å²) in [5, 5.41) is 0. The third kappa shape index (κ3) is 2.68. The molecule has 0 N–H and O–H groups in total. The topological polar surface area (TPSA) is 26.3 Å². The van der Waals surface area contributed by atoms with Crippen molar-refractivity contribution >= 4 is 5.94 Å². The largest absolute Gasteiger partial charge is 0.248 e. The normalized spacial score (nSPS) is 11.6. The number of rotatable bonds is 3. The molecule has 0 aromatic carbocycles. The summed E-state index contributed by atoms with van der Waals surface area (Å²) in [7, 11) is 5.07. The number of likely N-dealkylation sites (N-methyl/N-ethyl adjacent to an activating group) is 1. The lowest BCUT2D eigenvalue weighted by molar-refractivity contribution is -1.04. The smallest absolute Gasteiger partial charge is 0.227 e. The van der Waals surface area contributed by atoms with Gasteiger partial charge >= 0.3 is 0 Å². The van der Waals surface area contributed by atoms with E-state index in [1.54, 1.807) is 33.4 Å². The van der Waals surface area contributed by atoms with E-state index in [-0.39, 0.29) is 4.65 Å². The van der Waals surface area contributed by atoms with E-state index in [0.717, 1.165) is 0 Å². The van der Waals surface area contributed by atoms with Crippen molar-refractivity contribution in [2.45, 2.75) is 6.92 Å². The molecule has 0 aliphatic rings. The van der Waals surface area contributed by atoms with Crippen molar-refractivity contribution in [3.05, 3.63) is 17.8 Å². The molecule has 0 atom stereocenters. The van der Waals surface area contributed by atoms with E-state index in [4.69, 9.17) is 4.84 Å². The molecule has 62 valence electrons. The van der Waals surface area contributed by atoms with Gasteiger partial charge in [0.1, 0.15) is 14.1 Å². The molecule has 0 radical (unpaired) electrons. The maximum Gasteiger partial charge on any atom is 0.248 e. The van der Waals surface area contributed by atoms with Crippen LogP contribution in [0, 0.1) is 0 Å². The Hall–Kier alpha value is -0.890. The third-order valence-electron chi connectivity index (χ3n) is 1.47. The minimum Gasteiger partial charge on any atom is -0.227 e. The third-order valence-corrected chi connectivity index (χ3v) is 1.47. The van der Waals surface area contributed by atoms with Gasteiger partial charge in [-0.3, -0.25) is 0 Å². The minimum atomic E-state index is 0.0911. The van der Waals surface area contributed by atoms with Crippen LogP contribution in [-0.4, -0.2) is 31.8 Å². The molecule has 0 fully saturated rings. The SMILES string of the molecule is CC=CC(=C=O)[N+](C)(C)OC. The van der Waals surface area contributed by atoms with Crippen molar-refractivity contribution < 1.29 is 14.3 Å². The highest BCUT2D eigenvalue weighted by molar-refractivity contribution is 5.53. The molecule has 0 aliphatic carbocycles. The van der Waals surface area contributed by atoms with E-state index in [1.807, 2.05) is 12.9 Å². The average molecular weight is 156 g/mol. The van der Waals surface area contributed by atoms with Crippen LogP contribution in [0.1, 0.15) is 6.92 Å². The molecule has 0 aliphatic heterocycles. The predicted octanol–water partition coefficient (Wildman–Crippen LogP) is 0.916. The van der Waals surface area contributed by atoms with Crippen LogP contribution in [0.15, 0.2) is 17.8 Å². The predicted molar refractivity (Wildman–Crippen MR) is 43.1 cm³/mol. The number of allylic oxidation sites excluding steroid dienone is 2. The van der Waals surface area contributed by atoms with Crippen LogP contribution in [-0.2, 0) is 9.63 Å². The van der Waals surface area contributed by atoms with Crippen molar-refractivity contribution in [2.24, 2.45) is 0 Å². The van der Waals surface area contributed by atoms with E-state index in [9.17, 15) is 4.79 Å². The van der Waals surface area contributed by atoms with Crippen molar-refractivity contribution in [1.82, 2.24) is 0 Å². The van der Waals surface area contributed by atoms with E-state index < -0.39 is 0 Å². The lowest BCUT2D eigenvalue weighted by atomic mass is 10.4. The van der Waals surface area contributed by atoms with E-state index in [0.29, 0.717) is 5.70 Å². The summed E-state index contributed by atoms with van der Waals surface area (Å²) < 4.78 is 0.0911. The highest BCUT2D eigenvalue weighted by atomic mass is 16.7. The lowest BCUT2D eigenvalue weighted by Gasteiger charge is -2.22. The van der Waals surface area contributed by atoms with Gasteiger partial charge in [-0.2, -0.15) is 0 Å². The van der Waals surface area contributed by atoms with Gasteiger partial charge in [-0.15, -0.1) is 4.65 Å². The Morgan fingerprint density at radius 3 is 2.36 bits per heavy atom. The van der Waals surface area contributed by atoms with Crippen LogP contribution in [0.3, 0.4) is 0 Å². The molecule has 0 spiro atoms. The lowest BCUT2D eigenvalue weighted by Crippen LogP contribution is -2.36. The Balaban J connectivity index is 4.66. The van der Waals surface area contributed by atoms with E-state index >= 15 is 0 Å². The molecule has 0 amide bonds. The zero-order chi connectivity index (χ0) is 8.91. The van der Waals surface area contributed by atoms with E-state index in [1.165, 1.54) is 0 Å². The van der Waals surface area contributed by atoms with Crippen LogP contribution in [0.5, 0.6) is 0 Å². The Morgan fingerprint density at radius 2 is 2.09 bits per heavy atom. The van der Waals surface area contributed by atoms with Gasteiger partial charge in [0.15, 0.2) is 5.94 Å². The maximum absolute atomic E-state index is 10.4. The van der Waals surface area contributed by atoms with Crippen molar-refractivity contribution in [1.29, 1.82) is 0 Å². The molecule has 11 heavy (non-hydrogen) atoms. The second-order valence-corrected chi connectivity index (χ2v) is 2.52. The molecule has 3 heteroatoms. The number of hydrogen-bond donors (Lipinski definition) is 0. The number of nitrogens with zero attached hydrogens (tertiary/aromatic N) is 1. The molecule has 0 heterocycles. The molecule has 3 nitrogen and oxygen atoms in total. The molecule has 0 aromatic heterocycles.